The lowest BCUT2D eigenvalue weighted by atomic mass is 9.46. The predicted octanol–water partition coefficient (Wildman–Crippen LogP) is 4.74. The van der Waals surface area contributed by atoms with E-state index in [0.717, 1.165) is 36.0 Å². The summed E-state index contributed by atoms with van der Waals surface area (Å²) < 4.78 is 20.1. The molecule has 198 valence electrons. The van der Waals surface area contributed by atoms with Crippen molar-refractivity contribution in [3.05, 3.63) is 35.9 Å². The van der Waals surface area contributed by atoms with Crippen LogP contribution >= 0.6 is 0 Å². The fraction of sp³-hybridized carbons (Fsp3) is 0.621. The maximum Gasteiger partial charge on any atom is 0.282 e. The first-order chi connectivity index (χ1) is 17.6. The normalized spacial score (nSPS) is 37.0. The van der Waals surface area contributed by atoms with Gasteiger partial charge in [0.15, 0.2) is 5.83 Å². The van der Waals surface area contributed by atoms with E-state index >= 15 is 0 Å². The average Bonchev–Trinajstić information content (AvgIpc) is 3.48. The van der Waals surface area contributed by atoms with Crippen LogP contribution in [0, 0.1) is 34.5 Å². The van der Waals surface area contributed by atoms with Crippen LogP contribution in [0.2, 0.25) is 0 Å². The second-order valence-corrected chi connectivity index (χ2v) is 12.3. The Kier molecular flexibility index (Phi) is 5.66. The number of likely N-dealkylation sites (N-methyl/N-ethyl adjacent to an activating group) is 1. The number of carbonyl (C=O) groups is 2. The largest absolute Gasteiger partial charge is 0.497 e. The van der Waals surface area contributed by atoms with Gasteiger partial charge >= 0.3 is 0 Å². The molecule has 1 aromatic carbocycles. The number of imidazole rings is 1. The van der Waals surface area contributed by atoms with Crippen LogP contribution in [0.5, 0.6) is 5.75 Å². The Bertz CT molecular complexity index is 1290. The monoisotopic (exact) mass is 508 g/mol. The smallest absolute Gasteiger partial charge is 0.282 e. The molecule has 2 amide bonds. The molecule has 37 heavy (non-hydrogen) atoms. The molecule has 7 nitrogen and oxygen atoms in total. The molecule has 0 radical (unpaired) electrons. The maximum atomic E-state index is 14.8. The van der Waals surface area contributed by atoms with Gasteiger partial charge in [-0.2, -0.15) is 0 Å². The molecule has 4 aliphatic rings. The Hall–Kier alpha value is -2.90. The zero-order chi connectivity index (χ0) is 26.1. The minimum absolute atomic E-state index is 0.0158. The van der Waals surface area contributed by atoms with Gasteiger partial charge in [-0.05, 0) is 73.5 Å². The van der Waals surface area contributed by atoms with E-state index in [1.807, 2.05) is 18.2 Å². The zero-order valence-electron chi connectivity index (χ0n) is 22.1. The number of aromatic amines is 1. The van der Waals surface area contributed by atoms with Crippen molar-refractivity contribution < 1.29 is 18.7 Å². The summed E-state index contributed by atoms with van der Waals surface area (Å²) in [6.45, 7) is 4.81. The number of nitrogens with zero attached hydrogens (tertiary/aromatic N) is 2. The van der Waals surface area contributed by atoms with E-state index in [1.165, 1.54) is 12.8 Å². The third kappa shape index (κ3) is 3.69. The lowest BCUT2D eigenvalue weighted by Crippen LogP contribution is -2.64. The highest BCUT2D eigenvalue weighted by molar-refractivity contribution is 5.92. The first kappa shape index (κ1) is 24.4. The van der Waals surface area contributed by atoms with Gasteiger partial charge in [-0.1, -0.05) is 20.3 Å². The molecule has 0 saturated heterocycles. The second-order valence-electron chi connectivity index (χ2n) is 12.3. The molecule has 8 heteroatoms. The number of methoxy groups -OCH3 is 1. The molecule has 6 rings (SSSR count). The molecule has 3 saturated carbocycles. The number of hydrogen-bond donors (Lipinski definition) is 2. The summed E-state index contributed by atoms with van der Waals surface area (Å²) in [5.41, 5.74) is 1.46. The van der Waals surface area contributed by atoms with Crippen LogP contribution in [-0.4, -0.2) is 46.9 Å². The number of amides is 2. The van der Waals surface area contributed by atoms with Crippen LogP contribution in [0.3, 0.4) is 0 Å². The highest BCUT2D eigenvalue weighted by Gasteiger charge is 2.62. The van der Waals surface area contributed by atoms with Crippen molar-refractivity contribution in [1.82, 2.24) is 20.2 Å². The number of carbonyl (C=O) groups excluding carboxylic acids is 2. The molecule has 1 aliphatic heterocycles. The van der Waals surface area contributed by atoms with Gasteiger partial charge in [0, 0.05) is 30.5 Å². The van der Waals surface area contributed by atoms with Gasteiger partial charge in [0.25, 0.3) is 5.91 Å². The second kappa shape index (κ2) is 8.57. The number of aromatic nitrogens is 2. The van der Waals surface area contributed by atoms with Gasteiger partial charge in [0.1, 0.15) is 11.6 Å². The van der Waals surface area contributed by atoms with Crippen LogP contribution < -0.4 is 10.1 Å². The van der Waals surface area contributed by atoms with Gasteiger partial charge < -0.3 is 19.9 Å². The summed E-state index contributed by atoms with van der Waals surface area (Å²) in [6, 6.07) is 5.48. The van der Waals surface area contributed by atoms with Gasteiger partial charge in [0.05, 0.1) is 24.7 Å². The van der Waals surface area contributed by atoms with Gasteiger partial charge in [-0.15, -0.1) is 0 Å². The first-order valence-corrected chi connectivity index (χ1v) is 13.6. The highest BCUT2D eigenvalue weighted by atomic mass is 19.1. The number of H-pyrrole nitrogens is 1. The van der Waals surface area contributed by atoms with E-state index in [-0.39, 0.29) is 35.1 Å². The van der Waals surface area contributed by atoms with Crippen molar-refractivity contribution >= 4 is 22.8 Å². The van der Waals surface area contributed by atoms with Crippen LogP contribution in [0.25, 0.3) is 11.0 Å². The number of hydrogen-bond acceptors (Lipinski definition) is 4. The fourth-order valence-corrected chi connectivity index (χ4v) is 8.63. The van der Waals surface area contributed by atoms with Crippen molar-refractivity contribution in [3.63, 3.8) is 0 Å². The fourth-order valence-electron chi connectivity index (χ4n) is 8.63. The predicted molar refractivity (Wildman–Crippen MR) is 138 cm³/mol. The lowest BCUT2D eigenvalue weighted by Gasteiger charge is -2.61. The third-order valence-electron chi connectivity index (χ3n) is 10.5. The Labute approximate surface area is 217 Å². The molecule has 0 spiro atoms. The minimum atomic E-state index is -0.649. The number of halogens is 1. The first-order valence-electron chi connectivity index (χ1n) is 13.6. The Morgan fingerprint density at radius 2 is 2.08 bits per heavy atom. The molecule has 2 heterocycles. The van der Waals surface area contributed by atoms with Crippen LogP contribution in [0.15, 0.2) is 30.1 Å². The number of ether oxygens (including phenoxy) is 1. The minimum Gasteiger partial charge on any atom is -0.497 e. The van der Waals surface area contributed by atoms with Crippen molar-refractivity contribution in [3.8, 4) is 5.75 Å². The Balaban J connectivity index is 1.30. The molecule has 3 fully saturated rings. The van der Waals surface area contributed by atoms with Crippen molar-refractivity contribution in [2.45, 2.75) is 65.0 Å². The van der Waals surface area contributed by atoms with E-state index in [1.54, 1.807) is 25.1 Å². The standard InChI is InChI=1S/C29H37FN4O3/c1-28-10-5-6-18(28)25-17(13-23-29(2,19(25)9-11-28)14-20(30)27(36)34(23)3)26(35)31-15-24-32-21-8-7-16(37-4)12-22(21)33-24/h7-8,12,14,17-19,23,25H,5-6,9-11,13,15H2,1-4H3,(H,31,35)(H,32,33)/t17?,18-,19+,23?,25-,28-,29+/m0/s1. The number of benzene rings is 1. The van der Waals surface area contributed by atoms with Crippen molar-refractivity contribution in [2.75, 3.05) is 14.2 Å². The lowest BCUT2D eigenvalue weighted by molar-refractivity contribution is -0.156. The molecular weight excluding hydrogens is 471 g/mol. The summed E-state index contributed by atoms with van der Waals surface area (Å²) in [4.78, 5) is 36.0. The third-order valence-corrected chi connectivity index (χ3v) is 10.5. The summed E-state index contributed by atoms with van der Waals surface area (Å²) in [5.74, 6) is 0.785. The van der Waals surface area contributed by atoms with Crippen LogP contribution in [0.1, 0.15) is 58.2 Å². The van der Waals surface area contributed by atoms with Crippen LogP contribution in [0.4, 0.5) is 4.39 Å². The molecular formula is C29H37FN4O3. The topological polar surface area (TPSA) is 87.3 Å². The van der Waals surface area contributed by atoms with E-state index < -0.39 is 17.1 Å². The molecule has 2 unspecified atom stereocenters. The van der Waals surface area contributed by atoms with E-state index in [9.17, 15) is 14.0 Å². The SMILES string of the molecule is COc1ccc2[nH]c(CNC(=O)C3CC4N(C)C(=O)C(F)=C[C@]4(C)[C@@H]4CC[C@]5(C)CCC[C@H]5[C@H]34)nc2c1. The van der Waals surface area contributed by atoms with Crippen LogP contribution in [-0.2, 0) is 16.1 Å². The summed E-state index contributed by atoms with van der Waals surface area (Å²) in [6.07, 6.45) is 7.72. The summed E-state index contributed by atoms with van der Waals surface area (Å²) in [7, 11) is 3.32. The zero-order valence-corrected chi connectivity index (χ0v) is 22.1. The van der Waals surface area contributed by atoms with E-state index in [2.05, 4.69) is 29.1 Å². The summed E-state index contributed by atoms with van der Waals surface area (Å²) in [5, 5.41) is 3.17. The van der Waals surface area contributed by atoms with Crippen molar-refractivity contribution in [1.29, 1.82) is 0 Å². The van der Waals surface area contributed by atoms with Crippen molar-refractivity contribution in [2.24, 2.45) is 34.5 Å². The van der Waals surface area contributed by atoms with Gasteiger partial charge in [0.2, 0.25) is 5.91 Å². The number of nitrogens with one attached hydrogen (secondary N) is 2. The number of rotatable bonds is 4. The summed E-state index contributed by atoms with van der Waals surface area (Å²) >= 11 is 0. The highest BCUT2D eigenvalue weighted by Crippen LogP contribution is 2.65. The van der Waals surface area contributed by atoms with E-state index in [4.69, 9.17) is 4.74 Å². The molecule has 2 N–H and O–H groups in total. The van der Waals surface area contributed by atoms with Gasteiger partial charge in [-0.25, -0.2) is 9.37 Å². The maximum absolute atomic E-state index is 14.8. The molecule has 3 aliphatic carbocycles. The molecule has 7 atom stereocenters. The average molecular weight is 509 g/mol. The molecule has 0 bridgehead atoms. The Morgan fingerprint density at radius 1 is 1.27 bits per heavy atom. The molecule has 1 aromatic heterocycles. The molecule has 2 aromatic rings. The van der Waals surface area contributed by atoms with E-state index in [0.29, 0.717) is 24.7 Å². The van der Waals surface area contributed by atoms with Gasteiger partial charge in [-0.3, -0.25) is 9.59 Å². The number of fused-ring (bicyclic) bond motifs is 6. The quantitative estimate of drug-likeness (QED) is 0.625. The Morgan fingerprint density at radius 3 is 2.86 bits per heavy atom.